The average Bonchev–Trinajstić information content (AvgIpc) is 3.16. The van der Waals surface area contributed by atoms with E-state index in [9.17, 15) is 9.90 Å². The van der Waals surface area contributed by atoms with Crippen LogP contribution in [0.2, 0.25) is 0 Å². The van der Waals surface area contributed by atoms with Crippen LogP contribution in [0.15, 0.2) is 36.7 Å². The van der Waals surface area contributed by atoms with E-state index in [1.807, 2.05) is 55.2 Å². The summed E-state index contributed by atoms with van der Waals surface area (Å²) in [5, 5.41) is 19.7. The SMILES string of the molecule is Cc1cnn(Cc2ccc(NC(=O)NC3CCCC3(C)CO)cc2)c1. The Hall–Kier alpha value is -2.34. The van der Waals surface area contributed by atoms with E-state index >= 15 is 0 Å². The zero-order valence-corrected chi connectivity index (χ0v) is 14.8. The van der Waals surface area contributed by atoms with Gasteiger partial charge in [0.15, 0.2) is 0 Å². The lowest BCUT2D eigenvalue weighted by Gasteiger charge is -2.30. The number of aliphatic hydroxyl groups excluding tert-OH is 1. The highest BCUT2D eigenvalue weighted by Crippen LogP contribution is 2.37. The Morgan fingerprint density at radius 3 is 2.80 bits per heavy atom. The van der Waals surface area contributed by atoms with Gasteiger partial charge in [0.05, 0.1) is 19.3 Å². The van der Waals surface area contributed by atoms with Gasteiger partial charge < -0.3 is 15.7 Å². The molecule has 134 valence electrons. The van der Waals surface area contributed by atoms with Crippen LogP contribution in [-0.2, 0) is 6.54 Å². The van der Waals surface area contributed by atoms with Crippen molar-refractivity contribution in [3.8, 4) is 0 Å². The minimum absolute atomic E-state index is 0.0137. The second-order valence-corrected chi connectivity index (χ2v) is 7.27. The van der Waals surface area contributed by atoms with Gasteiger partial charge >= 0.3 is 6.03 Å². The van der Waals surface area contributed by atoms with Gasteiger partial charge in [0.25, 0.3) is 0 Å². The van der Waals surface area contributed by atoms with Crippen LogP contribution in [0.1, 0.15) is 37.3 Å². The molecule has 3 rings (SSSR count). The molecule has 3 N–H and O–H groups in total. The number of aryl methyl sites for hydroxylation is 1. The first kappa shape index (κ1) is 17.5. The molecule has 0 aliphatic heterocycles. The van der Waals surface area contributed by atoms with Gasteiger partial charge in [-0.2, -0.15) is 5.10 Å². The highest BCUT2D eigenvalue weighted by Gasteiger charge is 2.39. The third-order valence-electron chi connectivity index (χ3n) is 5.07. The molecule has 6 heteroatoms. The van der Waals surface area contributed by atoms with Crippen LogP contribution in [0.4, 0.5) is 10.5 Å². The van der Waals surface area contributed by atoms with Crippen LogP contribution >= 0.6 is 0 Å². The van der Waals surface area contributed by atoms with Crippen molar-refractivity contribution in [2.24, 2.45) is 5.41 Å². The van der Waals surface area contributed by atoms with Crippen LogP contribution < -0.4 is 10.6 Å². The summed E-state index contributed by atoms with van der Waals surface area (Å²) in [7, 11) is 0. The third-order valence-corrected chi connectivity index (χ3v) is 5.07. The first-order chi connectivity index (χ1) is 12.0. The number of hydrogen-bond acceptors (Lipinski definition) is 3. The van der Waals surface area contributed by atoms with Gasteiger partial charge in [0.1, 0.15) is 0 Å². The molecular formula is C19H26N4O2. The molecule has 6 nitrogen and oxygen atoms in total. The molecule has 2 aromatic rings. The maximum absolute atomic E-state index is 12.2. The Labute approximate surface area is 148 Å². The van der Waals surface area contributed by atoms with Crippen LogP contribution in [-0.4, -0.2) is 33.6 Å². The zero-order chi connectivity index (χ0) is 17.9. The van der Waals surface area contributed by atoms with Crippen LogP contribution in [0, 0.1) is 12.3 Å². The molecule has 2 atom stereocenters. The van der Waals surface area contributed by atoms with E-state index in [4.69, 9.17) is 0 Å². The van der Waals surface area contributed by atoms with Crippen molar-refractivity contribution in [3.05, 3.63) is 47.8 Å². The molecule has 1 aliphatic carbocycles. The van der Waals surface area contributed by atoms with E-state index in [2.05, 4.69) is 15.7 Å². The minimum Gasteiger partial charge on any atom is -0.396 e. The molecule has 0 radical (unpaired) electrons. The normalized spacial score (nSPS) is 22.8. The number of nitrogens with zero attached hydrogens (tertiary/aromatic N) is 2. The topological polar surface area (TPSA) is 79.2 Å². The predicted octanol–water partition coefficient (Wildman–Crippen LogP) is 2.91. The maximum atomic E-state index is 12.2. The molecule has 0 saturated heterocycles. The molecule has 25 heavy (non-hydrogen) atoms. The number of urea groups is 1. The number of hydrogen-bond donors (Lipinski definition) is 3. The Kier molecular flexibility index (Phi) is 5.08. The van der Waals surface area contributed by atoms with Crippen molar-refractivity contribution >= 4 is 11.7 Å². The second kappa shape index (κ2) is 7.27. The van der Waals surface area contributed by atoms with Crippen LogP contribution in [0.5, 0.6) is 0 Å². The number of aromatic nitrogens is 2. The van der Waals surface area contributed by atoms with Crippen molar-refractivity contribution < 1.29 is 9.90 Å². The summed E-state index contributed by atoms with van der Waals surface area (Å²) in [4.78, 5) is 12.2. The molecular weight excluding hydrogens is 316 g/mol. The number of nitrogens with one attached hydrogen (secondary N) is 2. The summed E-state index contributed by atoms with van der Waals surface area (Å²) in [5.41, 5.74) is 2.79. The Morgan fingerprint density at radius 2 is 2.16 bits per heavy atom. The lowest BCUT2D eigenvalue weighted by Crippen LogP contribution is -2.46. The maximum Gasteiger partial charge on any atom is 0.319 e. The molecule has 0 bridgehead atoms. The van der Waals surface area contributed by atoms with E-state index in [1.165, 1.54) is 0 Å². The van der Waals surface area contributed by atoms with Crippen molar-refractivity contribution in [2.45, 2.75) is 45.7 Å². The van der Waals surface area contributed by atoms with Crippen molar-refractivity contribution in [1.29, 1.82) is 0 Å². The van der Waals surface area contributed by atoms with Gasteiger partial charge in [-0.1, -0.05) is 25.5 Å². The lowest BCUT2D eigenvalue weighted by molar-refractivity contribution is 0.122. The Morgan fingerprint density at radius 1 is 1.40 bits per heavy atom. The summed E-state index contributed by atoms with van der Waals surface area (Å²) >= 11 is 0. The number of aliphatic hydroxyl groups is 1. The van der Waals surface area contributed by atoms with Crippen molar-refractivity contribution in [3.63, 3.8) is 0 Å². The smallest absolute Gasteiger partial charge is 0.319 e. The molecule has 1 saturated carbocycles. The first-order valence-corrected chi connectivity index (χ1v) is 8.75. The average molecular weight is 342 g/mol. The van der Waals surface area contributed by atoms with Crippen molar-refractivity contribution in [2.75, 3.05) is 11.9 Å². The fourth-order valence-corrected chi connectivity index (χ4v) is 3.43. The molecule has 1 aromatic heterocycles. The van der Waals surface area contributed by atoms with Gasteiger partial charge in [0, 0.05) is 23.3 Å². The highest BCUT2D eigenvalue weighted by atomic mass is 16.3. The number of anilines is 1. The summed E-state index contributed by atoms with van der Waals surface area (Å²) in [6.07, 6.45) is 6.72. The van der Waals surface area contributed by atoms with Crippen molar-refractivity contribution in [1.82, 2.24) is 15.1 Å². The zero-order valence-electron chi connectivity index (χ0n) is 14.8. The molecule has 2 amide bonds. The van der Waals surface area contributed by atoms with Gasteiger partial charge in [-0.25, -0.2) is 4.79 Å². The molecule has 0 spiro atoms. The number of rotatable bonds is 5. The van der Waals surface area contributed by atoms with E-state index in [0.717, 1.165) is 36.1 Å². The van der Waals surface area contributed by atoms with E-state index < -0.39 is 0 Å². The largest absolute Gasteiger partial charge is 0.396 e. The Bertz CT molecular complexity index is 725. The lowest BCUT2D eigenvalue weighted by atomic mass is 9.86. The van der Waals surface area contributed by atoms with E-state index in [-0.39, 0.29) is 24.1 Å². The second-order valence-electron chi connectivity index (χ2n) is 7.27. The molecule has 1 fully saturated rings. The summed E-state index contributed by atoms with van der Waals surface area (Å²) in [5.74, 6) is 0. The monoisotopic (exact) mass is 342 g/mol. The van der Waals surface area contributed by atoms with Crippen LogP contribution in [0.3, 0.4) is 0 Å². The fourth-order valence-electron chi connectivity index (χ4n) is 3.43. The minimum atomic E-state index is -0.220. The van der Waals surface area contributed by atoms with Gasteiger partial charge in [0.2, 0.25) is 0 Å². The fraction of sp³-hybridized carbons (Fsp3) is 0.474. The summed E-state index contributed by atoms with van der Waals surface area (Å²) in [6.45, 7) is 4.84. The summed E-state index contributed by atoms with van der Waals surface area (Å²) in [6, 6.07) is 7.55. The molecule has 1 aliphatic rings. The van der Waals surface area contributed by atoms with Gasteiger partial charge in [-0.05, 0) is 43.0 Å². The molecule has 1 heterocycles. The third kappa shape index (κ3) is 4.20. The standard InChI is InChI=1S/C19H26N4O2/c1-14-10-20-23(11-14)12-15-5-7-16(8-6-15)21-18(25)22-17-4-3-9-19(17,2)13-24/h5-8,10-11,17,24H,3-4,9,12-13H2,1-2H3,(H2,21,22,25). The molecule has 1 aromatic carbocycles. The van der Waals surface area contributed by atoms with E-state index in [1.54, 1.807) is 0 Å². The number of benzene rings is 1. The molecule has 2 unspecified atom stereocenters. The number of carbonyl (C=O) groups is 1. The quantitative estimate of drug-likeness (QED) is 0.782. The Balaban J connectivity index is 1.55. The van der Waals surface area contributed by atoms with Gasteiger partial charge in [-0.15, -0.1) is 0 Å². The van der Waals surface area contributed by atoms with Crippen LogP contribution in [0.25, 0.3) is 0 Å². The van der Waals surface area contributed by atoms with Gasteiger partial charge in [-0.3, -0.25) is 4.68 Å². The summed E-state index contributed by atoms with van der Waals surface area (Å²) < 4.78 is 1.89. The predicted molar refractivity (Wildman–Crippen MR) is 97.5 cm³/mol. The van der Waals surface area contributed by atoms with E-state index in [0.29, 0.717) is 6.54 Å². The highest BCUT2D eigenvalue weighted by molar-refractivity contribution is 5.89. The number of carbonyl (C=O) groups excluding carboxylic acids is 1. The first-order valence-electron chi connectivity index (χ1n) is 8.75. The number of amides is 2.